The Hall–Kier alpha value is -2.44. The van der Waals surface area contributed by atoms with E-state index in [1.165, 1.54) is 6.07 Å². The van der Waals surface area contributed by atoms with Gasteiger partial charge in [0.2, 0.25) is 5.95 Å². The van der Waals surface area contributed by atoms with Crippen molar-refractivity contribution in [3.8, 4) is 0 Å². The van der Waals surface area contributed by atoms with Gasteiger partial charge in [-0.25, -0.2) is 13.8 Å². The summed E-state index contributed by atoms with van der Waals surface area (Å²) in [4.78, 5) is 8.46. The molecule has 1 heterocycles. The van der Waals surface area contributed by atoms with Gasteiger partial charge in [0.25, 0.3) is 0 Å². The van der Waals surface area contributed by atoms with Crippen LogP contribution in [0.5, 0.6) is 0 Å². The minimum atomic E-state index is -0.738. The summed E-state index contributed by atoms with van der Waals surface area (Å²) in [5.41, 5.74) is 1.28. The summed E-state index contributed by atoms with van der Waals surface area (Å²) in [7, 11) is 0. The Morgan fingerprint density at radius 2 is 1.68 bits per heavy atom. The van der Waals surface area contributed by atoms with Crippen molar-refractivity contribution in [1.29, 1.82) is 0 Å². The lowest BCUT2D eigenvalue weighted by molar-refractivity contribution is 0.586. The molecule has 2 N–H and O–H groups in total. The molecule has 0 fully saturated rings. The molecule has 0 radical (unpaired) electrons. The van der Waals surface area contributed by atoms with E-state index in [1.54, 1.807) is 31.2 Å². The summed E-state index contributed by atoms with van der Waals surface area (Å²) in [5.74, 6) is -0.795. The lowest BCUT2D eigenvalue weighted by Crippen LogP contribution is -2.04. The minimum Gasteiger partial charge on any atom is -0.339 e. The third kappa shape index (κ3) is 4.35. The zero-order chi connectivity index (χ0) is 18.0. The molecule has 8 heteroatoms. The van der Waals surface area contributed by atoms with Crippen molar-refractivity contribution in [1.82, 2.24) is 9.97 Å². The van der Waals surface area contributed by atoms with Gasteiger partial charge in [-0.2, -0.15) is 4.98 Å². The number of nitrogens with zero attached hydrogens (tertiary/aromatic N) is 2. The van der Waals surface area contributed by atoms with E-state index in [0.29, 0.717) is 27.2 Å². The standard InChI is InChI=1S/C17H12Cl2F2N4/c1-9-6-16(23-15-7-10(18)2-4-12(15)19)25-17(22-9)24-14-5-3-11(20)8-13(14)21/h2-8H,1H3,(H2,22,23,24,25). The van der Waals surface area contributed by atoms with E-state index in [-0.39, 0.29) is 11.6 Å². The number of hydrogen-bond donors (Lipinski definition) is 2. The molecule has 0 spiro atoms. The molecule has 0 atom stereocenters. The second kappa shape index (κ2) is 7.21. The van der Waals surface area contributed by atoms with Gasteiger partial charge < -0.3 is 10.6 Å². The average Bonchev–Trinajstić information content (AvgIpc) is 2.53. The summed E-state index contributed by atoms with van der Waals surface area (Å²) in [6, 6.07) is 9.89. The van der Waals surface area contributed by atoms with Crippen molar-refractivity contribution in [2.24, 2.45) is 0 Å². The van der Waals surface area contributed by atoms with Crippen LogP contribution in [0.2, 0.25) is 10.0 Å². The van der Waals surface area contributed by atoms with Gasteiger partial charge in [-0.1, -0.05) is 23.2 Å². The molecular formula is C17H12Cl2F2N4. The van der Waals surface area contributed by atoms with Crippen LogP contribution in [0.3, 0.4) is 0 Å². The van der Waals surface area contributed by atoms with Crippen LogP contribution in [-0.4, -0.2) is 9.97 Å². The quantitative estimate of drug-likeness (QED) is 0.595. The van der Waals surface area contributed by atoms with E-state index >= 15 is 0 Å². The van der Waals surface area contributed by atoms with Gasteiger partial charge in [-0.05, 0) is 37.3 Å². The SMILES string of the molecule is Cc1cc(Nc2cc(Cl)ccc2Cl)nc(Nc2ccc(F)cc2F)n1. The molecule has 0 saturated heterocycles. The second-order valence-electron chi connectivity index (χ2n) is 5.22. The number of aryl methyl sites for hydroxylation is 1. The van der Waals surface area contributed by atoms with Crippen LogP contribution in [0.25, 0.3) is 0 Å². The molecule has 0 aliphatic rings. The maximum Gasteiger partial charge on any atom is 0.229 e. The van der Waals surface area contributed by atoms with Crippen molar-refractivity contribution in [3.05, 3.63) is 69.8 Å². The molecule has 0 aliphatic carbocycles. The number of benzene rings is 2. The van der Waals surface area contributed by atoms with Crippen molar-refractivity contribution in [2.45, 2.75) is 6.92 Å². The number of aromatic nitrogens is 2. The third-order valence-electron chi connectivity index (χ3n) is 3.22. The number of halogens is 4. The van der Waals surface area contributed by atoms with Crippen LogP contribution >= 0.6 is 23.2 Å². The highest BCUT2D eigenvalue weighted by atomic mass is 35.5. The highest BCUT2D eigenvalue weighted by molar-refractivity contribution is 6.35. The largest absolute Gasteiger partial charge is 0.339 e. The van der Waals surface area contributed by atoms with E-state index in [9.17, 15) is 8.78 Å². The van der Waals surface area contributed by atoms with E-state index in [4.69, 9.17) is 23.2 Å². The first kappa shape index (κ1) is 17.4. The van der Waals surface area contributed by atoms with Crippen LogP contribution in [-0.2, 0) is 0 Å². The van der Waals surface area contributed by atoms with Gasteiger partial charge >= 0.3 is 0 Å². The molecule has 4 nitrogen and oxygen atoms in total. The predicted octanol–water partition coefficient (Wildman–Crippen LogP) is 5.86. The van der Waals surface area contributed by atoms with Crippen LogP contribution in [0.15, 0.2) is 42.5 Å². The smallest absolute Gasteiger partial charge is 0.229 e. The number of hydrogen-bond acceptors (Lipinski definition) is 4. The molecule has 0 aliphatic heterocycles. The van der Waals surface area contributed by atoms with E-state index in [1.807, 2.05) is 0 Å². The lowest BCUT2D eigenvalue weighted by atomic mass is 10.3. The van der Waals surface area contributed by atoms with Crippen LogP contribution in [0.1, 0.15) is 5.69 Å². The van der Waals surface area contributed by atoms with Gasteiger partial charge in [-0.3, -0.25) is 0 Å². The second-order valence-corrected chi connectivity index (χ2v) is 6.06. The predicted molar refractivity (Wildman–Crippen MR) is 96.2 cm³/mol. The molecule has 2 aromatic carbocycles. The van der Waals surface area contributed by atoms with Crippen LogP contribution in [0.4, 0.5) is 31.9 Å². The molecule has 3 aromatic rings. The summed E-state index contributed by atoms with van der Waals surface area (Å²) in [6.45, 7) is 1.76. The highest BCUT2D eigenvalue weighted by Crippen LogP contribution is 2.28. The maximum atomic E-state index is 13.8. The Morgan fingerprint density at radius 3 is 2.44 bits per heavy atom. The first-order valence-electron chi connectivity index (χ1n) is 7.20. The summed E-state index contributed by atoms with van der Waals surface area (Å²) < 4.78 is 26.8. The van der Waals surface area contributed by atoms with Crippen LogP contribution in [0, 0.1) is 18.6 Å². The van der Waals surface area contributed by atoms with Gasteiger partial charge in [-0.15, -0.1) is 0 Å². The van der Waals surface area contributed by atoms with Gasteiger partial charge in [0, 0.05) is 22.8 Å². The molecule has 0 bridgehead atoms. The topological polar surface area (TPSA) is 49.8 Å². The number of rotatable bonds is 4. The molecule has 25 heavy (non-hydrogen) atoms. The Bertz CT molecular complexity index is 935. The summed E-state index contributed by atoms with van der Waals surface area (Å²) in [6.07, 6.45) is 0. The lowest BCUT2D eigenvalue weighted by Gasteiger charge is -2.11. The van der Waals surface area contributed by atoms with Crippen molar-refractivity contribution in [3.63, 3.8) is 0 Å². The number of nitrogens with one attached hydrogen (secondary N) is 2. The van der Waals surface area contributed by atoms with E-state index in [2.05, 4.69) is 20.6 Å². The Balaban J connectivity index is 1.89. The fourth-order valence-corrected chi connectivity index (χ4v) is 2.47. The fraction of sp³-hybridized carbons (Fsp3) is 0.0588. The molecule has 3 rings (SSSR count). The van der Waals surface area contributed by atoms with Crippen molar-refractivity contribution < 1.29 is 8.78 Å². The Labute approximate surface area is 152 Å². The fourth-order valence-electron chi connectivity index (χ4n) is 2.13. The monoisotopic (exact) mass is 380 g/mol. The van der Waals surface area contributed by atoms with Gasteiger partial charge in [0.1, 0.15) is 17.5 Å². The highest BCUT2D eigenvalue weighted by Gasteiger charge is 2.09. The first-order valence-corrected chi connectivity index (χ1v) is 7.96. The average molecular weight is 381 g/mol. The zero-order valence-electron chi connectivity index (χ0n) is 12.9. The molecule has 0 unspecified atom stereocenters. The molecule has 128 valence electrons. The maximum absolute atomic E-state index is 13.8. The Kier molecular flexibility index (Phi) is 5.01. The molecular weight excluding hydrogens is 369 g/mol. The molecule has 1 aromatic heterocycles. The number of anilines is 4. The third-order valence-corrected chi connectivity index (χ3v) is 3.79. The van der Waals surface area contributed by atoms with E-state index < -0.39 is 11.6 Å². The summed E-state index contributed by atoms with van der Waals surface area (Å²) in [5, 5.41) is 6.76. The van der Waals surface area contributed by atoms with Gasteiger partial charge in [0.05, 0.1) is 16.4 Å². The minimum absolute atomic E-state index is 0.0683. The van der Waals surface area contributed by atoms with Gasteiger partial charge in [0.15, 0.2) is 0 Å². The van der Waals surface area contributed by atoms with E-state index in [0.717, 1.165) is 12.1 Å². The van der Waals surface area contributed by atoms with Crippen molar-refractivity contribution >= 4 is 46.3 Å². The van der Waals surface area contributed by atoms with Crippen molar-refractivity contribution in [2.75, 3.05) is 10.6 Å². The Morgan fingerprint density at radius 1 is 0.880 bits per heavy atom. The molecule has 0 saturated carbocycles. The normalized spacial score (nSPS) is 10.6. The summed E-state index contributed by atoms with van der Waals surface area (Å²) >= 11 is 12.1. The first-order chi connectivity index (χ1) is 11.9. The van der Waals surface area contributed by atoms with Crippen LogP contribution < -0.4 is 10.6 Å². The molecule has 0 amide bonds. The zero-order valence-corrected chi connectivity index (χ0v) is 14.5.